The zero-order valence-electron chi connectivity index (χ0n) is 17.0. The first-order valence-corrected chi connectivity index (χ1v) is 11.4. The Kier molecular flexibility index (Phi) is 5.63. The summed E-state index contributed by atoms with van der Waals surface area (Å²) in [7, 11) is 0. The summed E-state index contributed by atoms with van der Waals surface area (Å²) in [4.78, 5) is 30.3. The zero-order chi connectivity index (χ0) is 23.1. The summed E-state index contributed by atoms with van der Waals surface area (Å²) in [6, 6.07) is 10.1. The van der Waals surface area contributed by atoms with E-state index in [9.17, 15) is 18.4 Å². The number of carbonyl (C=O) groups excluding carboxylic acids is 1. The van der Waals surface area contributed by atoms with Gasteiger partial charge in [0, 0.05) is 29.3 Å². The number of rotatable bonds is 5. The summed E-state index contributed by atoms with van der Waals surface area (Å²) >= 11 is 7.44. The van der Waals surface area contributed by atoms with E-state index in [2.05, 4.69) is 15.4 Å². The molecule has 11 heteroatoms. The molecule has 7 nitrogen and oxygen atoms in total. The first-order chi connectivity index (χ1) is 15.9. The van der Waals surface area contributed by atoms with E-state index in [1.807, 2.05) is 6.07 Å². The van der Waals surface area contributed by atoms with Crippen molar-refractivity contribution in [3.05, 3.63) is 81.2 Å². The third kappa shape index (κ3) is 4.00. The highest BCUT2D eigenvalue weighted by Crippen LogP contribution is 2.33. The van der Waals surface area contributed by atoms with Gasteiger partial charge in [-0.3, -0.25) is 14.2 Å². The predicted molar refractivity (Wildman–Crippen MR) is 121 cm³/mol. The van der Waals surface area contributed by atoms with Crippen LogP contribution in [-0.4, -0.2) is 31.0 Å². The van der Waals surface area contributed by atoms with E-state index < -0.39 is 23.6 Å². The van der Waals surface area contributed by atoms with Crippen molar-refractivity contribution in [2.45, 2.75) is 24.2 Å². The number of halogens is 3. The second kappa shape index (κ2) is 8.60. The van der Waals surface area contributed by atoms with Crippen LogP contribution in [0.15, 0.2) is 58.6 Å². The van der Waals surface area contributed by atoms with Gasteiger partial charge < -0.3 is 5.32 Å². The van der Waals surface area contributed by atoms with E-state index in [1.165, 1.54) is 28.6 Å². The van der Waals surface area contributed by atoms with Crippen LogP contribution >= 0.6 is 23.4 Å². The summed E-state index contributed by atoms with van der Waals surface area (Å²) in [5, 5.41) is 8.16. The van der Waals surface area contributed by atoms with Gasteiger partial charge in [-0.05, 0) is 30.3 Å². The molecule has 1 atom stereocenters. The van der Waals surface area contributed by atoms with E-state index >= 15 is 0 Å². The van der Waals surface area contributed by atoms with Crippen LogP contribution in [0.25, 0.3) is 16.7 Å². The molecule has 33 heavy (non-hydrogen) atoms. The lowest BCUT2D eigenvalue weighted by molar-refractivity contribution is -0.121. The van der Waals surface area contributed by atoms with Crippen molar-refractivity contribution in [1.29, 1.82) is 0 Å². The van der Waals surface area contributed by atoms with Gasteiger partial charge >= 0.3 is 0 Å². The van der Waals surface area contributed by atoms with Crippen LogP contribution in [0.1, 0.15) is 18.0 Å². The molecular formula is C22H16ClF2N5O2S. The van der Waals surface area contributed by atoms with Crippen molar-refractivity contribution in [2.24, 2.45) is 0 Å². The van der Waals surface area contributed by atoms with Gasteiger partial charge in [-0.25, -0.2) is 18.4 Å². The second-order valence-corrected chi connectivity index (χ2v) is 8.91. The van der Waals surface area contributed by atoms with Crippen molar-refractivity contribution >= 4 is 40.3 Å². The lowest BCUT2D eigenvalue weighted by atomic mass is 10.1. The van der Waals surface area contributed by atoms with E-state index in [-0.39, 0.29) is 24.1 Å². The number of fused-ring (bicyclic) bond motifs is 2. The molecule has 4 aromatic rings. The first-order valence-electron chi connectivity index (χ1n) is 10.0. The van der Waals surface area contributed by atoms with Gasteiger partial charge in [0.15, 0.2) is 10.8 Å². The molecule has 1 N–H and O–H groups in total. The maximum atomic E-state index is 13.8. The van der Waals surface area contributed by atoms with Crippen LogP contribution in [0.5, 0.6) is 0 Å². The molecule has 168 valence electrons. The summed E-state index contributed by atoms with van der Waals surface area (Å²) < 4.78 is 30.6. The fourth-order valence-corrected chi connectivity index (χ4v) is 5.07. The molecule has 0 saturated carbocycles. The average molecular weight is 488 g/mol. The van der Waals surface area contributed by atoms with Crippen LogP contribution in [0, 0.1) is 11.6 Å². The topological polar surface area (TPSA) is 81.8 Å². The SMILES string of the molecule is O=C(CC1CSc2nc3c(cnn3-c3cccc(Cl)c3)c(=O)n21)NCc1c(F)cccc1F. The van der Waals surface area contributed by atoms with Gasteiger partial charge in [-0.15, -0.1) is 0 Å². The third-order valence-electron chi connectivity index (χ3n) is 5.37. The molecule has 0 spiro atoms. The number of aromatic nitrogens is 4. The van der Waals surface area contributed by atoms with E-state index in [0.29, 0.717) is 32.7 Å². The molecule has 0 aliphatic carbocycles. The number of hydrogen-bond donors (Lipinski definition) is 1. The standard InChI is InChI=1S/C22H16ClF2N5O2S/c23-12-3-1-4-13(7-12)30-20-16(10-27-30)21(32)29-14(11-33-22(29)28-20)8-19(31)26-9-15-17(24)5-2-6-18(15)25/h1-7,10,14H,8-9,11H2,(H,26,31). The Morgan fingerprint density at radius 1 is 1.21 bits per heavy atom. The third-order valence-corrected chi connectivity index (χ3v) is 6.70. The minimum atomic E-state index is -0.725. The highest BCUT2D eigenvalue weighted by molar-refractivity contribution is 7.99. The minimum absolute atomic E-state index is 0.0222. The maximum absolute atomic E-state index is 13.8. The fraction of sp³-hybridized carbons (Fsp3) is 0.182. The van der Waals surface area contributed by atoms with Gasteiger partial charge in [-0.1, -0.05) is 35.5 Å². The molecule has 5 rings (SSSR count). The van der Waals surface area contributed by atoms with Crippen LogP contribution in [0.4, 0.5) is 8.78 Å². The quantitative estimate of drug-likeness (QED) is 0.432. The van der Waals surface area contributed by atoms with Crippen molar-refractivity contribution < 1.29 is 13.6 Å². The largest absolute Gasteiger partial charge is 0.352 e. The van der Waals surface area contributed by atoms with Crippen molar-refractivity contribution in [2.75, 3.05) is 5.75 Å². The minimum Gasteiger partial charge on any atom is -0.352 e. The summed E-state index contributed by atoms with van der Waals surface area (Å²) in [5.74, 6) is -1.40. The van der Waals surface area contributed by atoms with Gasteiger partial charge in [0.25, 0.3) is 5.56 Å². The van der Waals surface area contributed by atoms with Crippen LogP contribution < -0.4 is 10.9 Å². The molecule has 3 heterocycles. The van der Waals surface area contributed by atoms with Crippen molar-refractivity contribution in [1.82, 2.24) is 24.6 Å². The number of amides is 1. The lowest BCUT2D eigenvalue weighted by Gasteiger charge is -2.14. The molecule has 2 aromatic heterocycles. The number of thioether (sulfide) groups is 1. The molecular weight excluding hydrogens is 472 g/mol. The summed E-state index contributed by atoms with van der Waals surface area (Å²) in [5.41, 5.74) is 0.571. The van der Waals surface area contributed by atoms with Gasteiger partial charge in [-0.2, -0.15) is 5.10 Å². The highest BCUT2D eigenvalue weighted by Gasteiger charge is 2.29. The molecule has 2 aromatic carbocycles. The average Bonchev–Trinajstić information content (AvgIpc) is 3.38. The highest BCUT2D eigenvalue weighted by atomic mass is 35.5. The van der Waals surface area contributed by atoms with E-state index in [0.717, 1.165) is 12.1 Å². The zero-order valence-corrected chi connectivity index (χ0v) is 18.5. The Labute approximate surface area is 195 Å². The molecule has 0 bridgehead atoms. The number of nitrogens with zero attached hydrogens (tertiary/aromatic N) is 4. The van der Waals surface area contributed by atoms with Gasteiger partial charge in [0.05, 0.1) is 17.9 Å². The number of carbonyl (C=O) groups is 1. The van der Waals surface area contributed by atoms with Crippen LogP contribution in [0.3, 0.4) is 0 Å². The Morgan fingerprint density at radius 2 is 1.97 bits per heavy atom. The summed E-state index contributed by atoms with van der Waals surface area (Å²) in [6.45, 7) is -0.275. The van der Waals surface area contributed by atoms with Gasteiger partial charge in [0.1, 0.15) is 17.0 Å². The first kappa shape index (κ1) is 21.6. The van der Waals surface area contributed by atoms with Crippen molar-refractivity contribution in [3.63, 3.8) is 0 Å². The van der Waals surface area contributed by atoms with Crippen LogP contribution in [0.2, 0.25) is 5.02 Å². The second-order valence-electron chi connectivity index (χ2n) is 7.49. The molecule has 1 unspecified atom stereocenters. The molecule has 0 radical (unpaired) electrons. The fourth-order valence-electron chi connectivity index (χ4n) is 3.75. The van der Waals surface area contributed by atoms with Crippen LogP contribution in [-0.2, 0) is 11.3 Å². The van der Waals surface area contributed by atoms with Gasteiger partial charge in [0.2, 0.25) is 5.91 Å². The number of benzene rings is 2. The lowest BCUT2D eigenvalue weighted by Crippen LogP contribution is -2.31. The Hall–Kier alpha value is -3.24. The number of hydrogen-bond acceptors (Lipinski definition) is 5. The summed E-state index contributed by atoms with van der Waals surface area (Å²) in [6.07, 6.45) is 1.42. The normalized spacial score (nSPS) is 15.1. The maximum Gasteiger partial charge on any atom is 0.265 e. The molecule has 1 aliphatic rings. The Morgan fingerprint density at radius 3 is 2.73 bits per heavy atom. The smallest absolute Gasteiger partial charge is 0.265 e. The van der Waals surface area contributed by atoms with Crippen molar-refractivity contribution in [3.8, 4) is 5.69 Å². The van der Waals surface area contributed by atoms with E-state index in [4.69, 9.17) is 11.6 Å². The number of nitrogens with one attached hydrogen (secondary N) is 1. The predicted octanol–water partition coefficient (Wildman–Crippen LogP) is 3.87. The van der Waals surface area contributed by atoms with E-state index in [1.54, 1.807) is 22.9 Å². The molecule has 0 fully saturated rings. The molecule has 1 aliphatic heterocycles. The molecule has 1 amide bonds. The Bertz CT molecular complexity index is 1430. The monoisotopic (exact) mass is 487 g/mol. The molecule has 0 saturated heterocycles. The Balaban J connectivity index is 1.39.